The molecule has 0 amide bonds. The first-order chi connectivity index (χ1) is 8.30. The van der Waals surface area contributed by atoms with Gasteiger partial charge >= 0.3 is 30.2 Å². The van der Waals surface area contributed by atoms with Crippen LogP contribution in [-0.4, -0.2) is 36.8 Å². The van der Waals surface area contributed by atoms with E-state index in [0.29, 0.717) is 0 Å². The Morgan fingerprint density at radius 2 is 1.33 bits per heavy atom. The summed E-state index contributed by atoms with van der Waals surface area (Å²) in [5.74, 6) is -4.13. The molecular weight excluding hydrogens is 252 g/mol. The summed E-state index contributed by atoms with van der Waals surface area (Å²) in [6.07, 6.45) is -3.20. The van der Waals surface area contributed by atoms with E-state index >= 15 is 0 Å². The molecule has 2 spiro atoms. The topological polar surface area (TPSA) is 107 Å². The van der Waals surface area contributed by atoms with Crippen LogP contribution >= 0.6 is 0 Å². The number of rotatable bonds is 0. The fraction of sp³-hybridized carbons (Fsp3) is 0.667. The lowest BCUT2D eigenvalue weighted by Crippen LogP contribution is -2.79. The average Bonchev–Trinajstić information content (AvgIpc) is 2.25. The Balaban J connectivity index is 2.05. The molecule has 3 saturated heterocycles. The van der Waals surface area contributed by atoms with E-state index in [1.54, 1.807) is 13.8 Å². The first kappa shape index (κ1) is 10.9. The summed E-state index contributed by atoms with van der Waals surface area (Å²) in [5, 5.41) is 0. The molecule has 0 unspecified atom stereocenters. The zero-order valence-electron chi connectivity index (χ0n) is 9.38. The predicted octanol–water partition coefficient (Wildman–Crippen LogP) is 0.863. The van der Waals surface area contributed by atoms with Gasteiger partial charge in [-0.3, -0.25) is 0 Å². The van der Waals surface area contributed by atoms with Gasteiger partial charge in [-0.2, -0.15) is 0 Å². The first-order valence-electron chi connectivity index (χ1n) is 5.00. The zero-order valence-corrected chi connectivity index (χ0v) is 9.38. The minimum absolute atomic E-state index is 0.179. The van der Waals surface area contributed by atoms with E-state index in [0.717, 1.165) is 0 Å². The Morgan fingerprint density at radius 3 is 1.83 bits per heavy atom. The van der Waals surface area contributed by atoms with Crippen LogP contribution in [0.1, 0.15) is 13.8 Å². The van der Waals surface area contributed by atoms with E-state index in [9.17, 15) is 14.4 Å². The van der Waals surface area contributed by atoms with Gasteiger partial charge in [0.25, 0.3) is 0 Å². The highest BCUT2D eigenvalue weighted by atomic mass is 17.1. The highest BCUT2D eigenvalue weighted by molar-refractivity contribution is 5.72. The number of hydrogen-bond acceptors (Lipinski definition) is 9. The van der Waals surface area contributed by atoms with E-state index in [-0.39, 0.29) is 6.61 Å². The molecule has 18 heavy (non-hydrogen) atoms. The molecule has 0 aliphatic carbocycles. The van der Waals surface area contributed by atoms with E-state index in [4.69, 9.17) is 18.9 Å². The number of ether oxygens (including phenoxy) is 6. The monoisotopic (exact) mass is 260 g/mol. The van der Waals surface area contributed by atoms with Gasteiger partial charge in [0.15, 0.2) is 0 Å². The quantitative estimate of drug-likeness (QED) is 0.462. The van der Waals surface area contributed by atoms with Crippen LogP contribution in [0, 0.1) is 5.41 Å². The Bertz CT molecular complexity index is 449. The van der Waals surface area contributed by atoms with E-state index in [1.807, 2.05) is 0 Å². The number of carbonyl (C=O) groups excluding carboxylic acids is 3. The van der Waals surface area contributed by atoms with E-state index in [2.05, 4.69) is 9.47 Å². The number of hydrogen-bond donors (Lipinski definition) is 0. The lowest BCUT2D eigenvalue weighted by Gasteiger charge is -2.54. The number of fused-ring (bicyclic) bond motifs is 1. The number of carbonyl (C=O) groups is 3. The Labute approximate surface area is 99.8 Å². The fourth-order valence-electron chi connectivity index (χ4n) is 2.00. The maximum atomic E-state index is 11.3. The van der Waals surface area contributed by atoms with Crippen molar-refractivity contribution in [2.45, 2.75) is 25.6 Å². The van der Waals surface area contributed by atoms with Crippen LogP contribution in [0.15, 0.2) is 0 Å². The molecule has 3 heterocycles. The van der Waals surface area contributed by atoms with Gasteiger partial charge in [0.2, 0.25) is 0 Å². The minimum Gasteiger partial charge on any atom is -0.433 e. The van der Waals surface area contributed by atoms with Crippen molar-refractivity contribution in [1.82, 2.24) is 0 Å². The van der Waals surface area contributed by atoms with Crippen molar-refractivity contribution in [2.24, 2.45) is 5.41 Å². The van der Waals surface area contributed by atoms with E-state index < -0.39 is 35.6 Å². The van der Waals surface area contributed by atoms with Gasteiger partial charge in [0.05, 0.1) is 5.41 Å². The van der Waals surface area contributed by atoms with Gasteiger partial charge in [0, 0.05) is 0 Å². The predicted molar refractivity (Wildman–Crippen MR) is 46.8 cm³/mol. The third-order valence-electron chi connectivity index (χ3n) is 2.95. The molecule has 98 valence electrons. The van der Waals surface area contributed by atoms with Gasteiger partial charge in [0.1, 0.15) is 6.61 Å². The molecule has 0 saturated carbocycles. The average molecular weight is 260 g/mol. The summed E-state index contributed by atoms with van der Waals surface area (Å²) in [6.45, 7) is 2.96. The molecule has 3 fully saturated rings. The number of cyclic esters (lactones) is 1. The third kappa shape index (κ3) is 1.03. The van der Waals surface area contributed by atoms with Gasteiger partial charge < -0.3 is 28.4 Å². The summed E-state index contributed by atoms with van der Waals surface area (Å²) in [5.41, 5.74) is -1.05. The molecular formula is C9H8O9. The van der Waals surface area contributed by atoms with Gasteiger partial charge in [-0.15, -0.1) is 0 Å². The van der Waals surface area contributed by atoms with Crippen molar-refractivity contribution in [3.8, 4) is 0 Å². The van der Waals surface area contributed by atoms with Crippen LogP contribution in [0.4, 0.5) is 14.4 Å². The molecule has 3 aliphatic rings. The normalized spacial score (nSPS) is 29.3. The summed E-state index contributed by atoms with van der Waals surface area (Å²) in [6, 6.07) is 0. The summed E-state index contributed by atoms with van der Waals surface area (Å²) >= 11 is 0. The van der Waals surface area contributed by atoms with Crippen LogP contribution in [0.5, 0.6) is 0 Å². The van der Waals surface area contributed by atoms with Gasteiger partial charge in [-0.25, -0.2) is 14.4 Å². The van der Waals surface area contributed by atoms with Crippen molar-refractivity contribution < 1.29 is 42.8 Å². The zero-order chi connectivity index (χ0) is 13.2. The van der Waals surface area contributed by atoms with Crippen LogP contribution in [-0.2, 0) is 28.4 Å². The van der Waals surface area contributed by atoms with E-state index in [1.165, 1.54) is 0 Å². The SMILES string of the molecule is CC1(C)COC(=O)OC2(OC(=O)O2)C12OC(=O)O2. The highest BCUT2D eigenvalue weighted by Crippen LogP contribution is 2.56. The van der Waals surface area contributed by atoms with Crippen molar-refractivity contribution in [2.75, 3.05) is 6.61 Å². The molecule has 3 rings (SSSR count). The summed E-state index contributed by atoms with van der Waals surface area (Å²) in [7, 11) is 0. The molecule has 9 nitrogen and oxygen atoms in total. The summed E-state index contributed by atoms with van der Waals surface area (Å²) in [4.78, 5) is 33.1. The molecule has 0 aromatic heterocycles. The molecule has 0 aromatic carbocycles. The van der Waals surface area contributed by atoms with Crippen molar-refractivity contribution in [1.29, 1.82) is 0 Å². The molecule has 0 bridgehead atoms. The lowest BCUT2D eigenvalue weighted by atomic mass is 9.80. The van der Waals surface area contributed by atoms with Crippen molar-refractivity contribution in [3.05, 3.63) is 0 Å². The largest absolute Gasteiger partial charge is 0.520 e. The maximum absolute atomic E-state index is 11.3. The minimum atomic E-state index is -2.25. The van der Waals surface area contributed by atoms with Gasteiger partial charge in [-0.05, 0) is 13.8 Å². The molecule has 0 radical (unpaired) electrons. The van der Waals surface area contributed by atoms with Crippen molar-refractivity contribution in [3.63, 3.8) is 0 Å². The lowest BCUT2D eigenvalue weighted by molar-refractivity contribution is -0.527. The smallest absolute Gasteiger partial charge is 0.433 e. The Hall–Kier alpha value is -2.19. The van der Waals surface area contributed by atoms with Crippen LogP contribution in [0.2, 0.25) is 0 Å². The van der Waals surface area contributed by atoms with Crippen LogP contribution in [0.25, 0.3) is 0 Å². The van der Waals surface area contributed by atoms with Gasteiger partial charge in [-0.1, -0.05) is 0 Å². The molecule has 3 aliphatic heterocycles. The maximum Gasteiger partial charge on any atom is 0.520 e. The van der Waals surface area contributed by atoms with Crippen LogP contribution < -0.4 is 0 Å². The molecule has 0 aromatic rings. The second-order valence-corrected chi connectivity index (χ2v) is 4.61. The molecule has 0 N–H and O–H groups in total. The molecule has 9 heteroatoms. The molecule has 0 atom stereocenters. The third-order valence-corrected chi connectivity index (χ3v) is 2.95. The Morgan fingerprint density at radius 1 is 0.833 bits per heavy atom. The standard InChI is InChI=1S/C9H8O9/c1-7(2)3-13-4(10)16-9(17-6(12)18-9)8(7)14-5(11)15-8/h3H2,1-2H3. The van der Waals surface area contributed by atoms with Crippen LogP contribution in [0.3, 0.4) is 0 Å². The second kappa shape index (κ2) is 2.79. The Kier molecular flexibility index (Phi) is 1.70. The second-order valence-electron chi connectivity index (χ2n) is 4.61. The van der Waals surface area contributed by atoms with Crippen molar-refractivity contribution >= 4 is 18.5 Å². The fourth-order valence-corrected chi connectivity index (χ4v) is 2.00. The summed E-state index contributed by atoms with van der Waals surface area (Å²) < 4.78 is 28.6. The highest BCUT2D eigenvalue weighted by Gasteiger charge is 2.85. The first-order valence-corrected chi connectivity index (χ1v) is 5.00.